The minimum atomic E-state index is 0.837. The molecular formula is C24H23N3O. The lowest BCUT2D eigenvalue weighted by Gasteiger charge is -2.12. The van der Waals surface area contributed by atoms with Gasteiger partial charge in [0, 0.05) is 36.5 Å². The van der Waals surface area contributed by atoms with Crippen molar-refractivity contribution in [3.8, 4) is 39.7 Å². The molecule has 0 saturated heterocycles. The molecular weight excluding hydrogens is 346 g/mol. The van der Waals surface area contributed by atoms with Gasteiger partial charge in [0.05, 0.1) is 18.5 Å². The van der Waals surface area contributed by atoms with Crippen molar-refractivity contribution in [1.29, 1.82) is 0 Å². The molecule has 1 heterocycles. The van der Waals surface area contributed by atoms with E-state index in [4.69, 9.17) is 9.72 Å². The van der Waals surface area contributed by atoms with Crippen molar-refractivity contribution >= 4 is 5.69 Å². The zero-order chi connectivity index (χ0) is 19.5. The van der Waals surface area contributed by atoms with E-state index in [1.807, 2.05) is 44.4 Å². The summed E-state index contributed by atoms with van der Waals surface area (Å²) in [5.41, 5.74) is 6.32. The van der Waals surface area contributed by atoms with Crippen LogP contribution >= 0.6 is 0 Å². The number of hydrogen-bond donors (Lipinski definition) is 1. The van der Waals surface area contributed by atoms with E-state index < -0.39 is 0 Å². The molecule has 0 radical (unpaired) electrons. The molecule has 0 aliphatic heterocycles. The number of ether oxygens (including phenoxy) is 1. The third kappa shape index (κ3) is 3.49. The van der Waals surface area contributed by atoms with Gasteiger partial charge >= 0.3 is 0 Å². The van der Waals surface area contributed by atoms with E-state index in [1.165, 1.54) is 0 Å². The molecule has 4 heteroatoms. The number of nitrogens with one attached hydrogen (secondary N) is 1. The summed E-state index contributed by atoms with van der Waals surface area (Å²) in [4.78, 5) is 10.6. The lowest BCUT2D eigenvalue weighted by atomic mass is 10.1. The molecule has 0 amide bonds. The maximum absolute atomic E-state index is 5.30. The third-order valence-electron chi connectivity index (χ3n) is 4.79. The van der Waals surface area contributed by atoms with Crippen molar-refractivity contribution in [2.75, 3.05) is 26.1 Å². The third-order valence-corrected chi connectivity index (χ3v) is 4.79. The molecule has 1 aromatic heterocycles. The van der Waals surface area contributed by atoms with E-state index in [9.17, 15) is 0 Å². The molecule has 1 N–H and O–H groups in total. The lowest BCUT2D eigenvalue weighted by Crippen LogP contribution is -2.07. The van der Waals surface area contributed by atoms with Gasteiger partial charge in [-0.2, -0.15) is 0 Å². The molecule has 0 unspecified atom stereocenters. The van der Waals surface area contributed by atoms with Crippen molar-refractivity contribution in [3.63, 3.8) is 0 Å². The Kier molecular flexibility index (Phi) is 4.85. The van der Waals surface area contributed by atoms with Crippen LogP contribution < -0.4 is 9.64 Å². The average molecular weight is 369 g/mol. The van der Waals surface area contributed by atoms with Crippen LogP contribution in [0.15, 0.2) is 78.9 Å². The molecule has 0 bridgehead atoms. The summed E-state index contributed by atoms with van der Waals surface area (Å²) in [5, 5.41) is 0. The molecule has 4 nitrogen and oxygen atoms in total. The van der Waals surface area contributed by atoms with Crippen molar-refractivity contribution in [1.82, 2.24) is 9.97 Å². The number of anilines is 1. The number of nitrogens with zero attached hydrogens (tertiary/aromatic N) is 2. The quantitative estimate of drug-likeness (QED) is 0.506. The first-order chi connectivity index (χ1) is 13.7. The summed E-state index contributed by atoms with van der Waals surface area (Å²) >= 11 is 0. The predicted molar refractivity (Wildman–Crippen MR) is 116 cm³/mol. The molecule has 0 fully saturated rings. The van der Waals surface area contributed by atoms with Gasteiger partial charge in [0.25, 0.3) is 0 Å². The van der Waals surface area contributed by atoms with Gasteiger partial charge in [0.1, 0.15) is 11.6 Å². The molecule has 0 spiro atoms. The van der Waals surface area contributed by atoms with E-state index in [1.54, 1.807) is 7.11 Å². The van der Waals surface area contributed by atoms with Gasteiger partial charge in [-0.05, 0) is 48.5 Å². The van der Waals surface area contributed by atoms with E-state index in [2.05, 4.69) is 58.4 Å². The van der Waals surface area contributed by atoms with E-state index in [0.717, 1.165) is 45.3 Å². The predicted octanol–water partition coefficient (Wildman–Crippen LogP) is 5.49. The Morgan fingerprint density at radius 1 is 0.750 bits per heavy atom. The number of imidazole rings is 1. The van der Waals surface area contributed by atoms with Gasteiger partial charge in [0.15, 0.2) is 0 Å². The van der Waals surface area contributed by atoms with Crippen LogP contribution in [0.5, 0.6) is 5.75 Å². The maximum Gasteiger partial charge on any atom is 0.138 e. The normalized spacial score (nSPS) is 10.7. The Bertz CT molecular complexity index is 1050. The van der Waals surface area contributed by atoms with Crippen LogP contribution in [-0.2, 0) is 0 Å². The monoisotopic (exact) mass is 369 g/mol. The molecule has 0 saturated carbocycles. The Morgan fingerprint density at radius 2 is 1.39 bits per heavy atom. The Hall–Kier alpha value is -3.53. The van der Waals surface area contributed by atoms with Crippen LogP contribution in [0, 0.1) is 0 Å². The molecule has 140 valence electrons. The summed E-state index contributed by atoms with van der Waals surface area (Å²) in [6.45, 7) is 0. The second-order valence-electron chi connectivity index (χ2n) is 6.84. The van der Waals surface area contributed by atoms with Gasteiger partial charge in [0.2, 0.25) is 0 Å². The van der Waals surface area contributed by atoms with Crippen molar-refractivity contribution < 1.29 is 4.74 Å². The molecule has 4 rings (SSSR count). The summed E-state index contributed by atoms with van der Waals surface area (Å²) in [6, 6.07) is 26.7. The van der Waals surface area contributed by atoms with Gasteiger partial charge in [-0.25, -0.2) is 4.98 Å². The molecule has 0 atom stereocenters. The second kappa shape index (κ2) is 7.61. The van der Waals surface area contributed by atoms with E-state index >= 15 is 0 Å². The summed E-state index contributed by atoms with van der Waals surface area (Å²) < 4.78 is 5.30. The number of benzene rings is 3. The average Bonchev–Trinajstić information content (AvgIpc) is 3.20. The van der Waals surface area contributed by atoms with Crippen molar-refractivity contribution in [3.05, 3.63) is 78.9 Å². The van der Waals surface area contributed by atoms with Crippen LogP contribution in [0.25, 0.3) is 33.9 Å². The molecule has 3 aromatic carbocycles. The number of rotatable bonds is 5. The largest absolute Gasteiger partial charge is 0.497 e. The number of methoxy groups -OCH3 is 1. The first-order valence-electron chi connectivity index (χ1n) is 9.23. The van der Waals surface area contributed by atoms with Crippen LogP contribution in [-0.4, -0.2) is 31.2 Å². The summed E-state index contributed by atoms with van der Waals surface area (Å²) in [7, 11) is 5.75. The highest BCUT2D eigenvalue weighted by Crippen LogP contribution is 2.34. The Labute approximate surface area is 165 Å². The number of aromatic amines is 1. The second-order valence-corrected chi connectivity index (χ2v) is 6.84. The number of hydrogen-bond acceptors (Lipinski definition) is 3. The van der Waals surface area contributed by atoms with Gasteiger partial charge in [-0.1, -0.05) is 30.3 Å². The number of H-pyrrole nitrogens is 1. The maximum atomic E-state index is 5.30. The van der Waals surface area contributed by atoms with E-state index in [0.29, 0.717) is 0 Å². The molecule has 0 aliphatic carbocycles. The highest BCUT2D eigenvalue weighted by Gasteiger charge is 2.15. The Balaban J connectivity index is 1.81. The van der Waals surface area contributed by atoms with Crippen LogP contribution in [0.1, 0.15) is 0 Å². The molecule has 28 heavy (non-hydrogen) atoms. The Morgan fingerprint density at radius 3 is 2.00 bits per heavy atom. The fraction of sp³-hybridized carbons (Fsp3) is 0.125. The fourth-order valence-electron chi connectivity index (χ4n) is 3.20. The van der Waals surface area contributed by atoms with E-state index in [-0.39, 0.29) is 0 Å². The topological polar surface area (TPSA) is 41.1 Å². The first-order valence-corrected chi connectivity index (χ1v) is 9.23. The van der Waals surface area contributed by atoms with Crippen LogP contribution in [0.4, 0.5) is 5.69 Å². The zero-order valence-electron chi connectivity index (χ0n) is 16.3. The minimum absolute atomic E-state index is 0.837. The zero-order valence-corrected chi connectivity index (χ0v) is 16.3. The standard InChI is InChI=1S/C24H23N3O/c1-27(2)20-13-9-19(10-14-20)24-25-22(17-7-5-4-6-8-17)23(26-24)18-11-15-21(28-3)16-12-18/h4-16H,1-3H3,(H,25,26). The fourth-order valence-corrected chi connectivity index (χ4v) is 3.20. The van der Waals surface area contributed by atoms with Gasteiger partial charge in [-0.3, -0.25) is 0 Å². The SMILES string of the molecule is COc1ccc(-c2[nH]c(-c3ccc(N(C)C)cc3)nc2-c2ccccc2)cc1. The number of aromatic nitrogens is 2. The highest BCUT2D eigenvalue weighted by atomic mass is 16.5. The van der Waals surface area contributed by atoms with Crippen LogP contribution in [0.2, 0.25) is 0 Å². The molecule has 0 aliphatic rings. The smallest absolute Gasteiger partial charge is 0.138 e. The first kappa shape index (κ1) is 17.9. The van der Waals surface area contributed by atoms with Gasteiger partial charge < -0.3 is 14.6 Å². The highest BCUT2D eigenvalue weighted by molar-refractivity contribution is 5.81. The molecule has 4 aromatic rings. The minimum Gasteiger partial charge on any atom is -0.497 e. The summed E-state index contributed by atoms with van der Waals surface area (Å²) in [5.74, 6) is 1.69. The van der Waals surface area contributed by atoms with Gasteiger partial charge in [-0.15, -0.1) is 0 Å². The lowest BCUT2D eigenvalue weighted by molar-refractivity contribution is 0.415. The van der Waals surface area contributed by atoms with Crippen LogP contribution in [0.3, 0.4) is 0 Å². The van der Waals surface area contributed by atoms with Crippen molar-refractivity contribution in [2.24, 2.45) is 0 Å². The summed E-state index contributed by atoms with van der Waals surface area (Å²) in [6.07, 6.45) is 0. The van der Waals surface area contributed by atoms with Crippen molar-refractivity contribution in [2.45, 2.75) is 0 Å².